The number of likely N-dealkylation sites (tertiary alicyclic amines) is 1. The SMILES string of the molecule is O=C(NCc1cccc(C(F)(F)F)c1)OC1(c2ccccc2)CCN(C(=O)CCc2ccccc2)CC1. The lowest BCUT2D eigenvalue weighted by Crippen LogP contribution is -2.48. The molecular formula is C29H29F3N2O3. The Morgan fingerprint density at radius 2 is 1.49 bits per heavy atom. The van der Waals surface area contributed by atoms with Gasteiger partial charge in [0.05, 0.1) is 5.56 Å². The van der Waals surface area contributed by atoms with E-state index in [0.717, 1.165) is 23.3 Å². The van der Waals surface area contributed by atoms with Gasteiger partial charge in [-0.2, -0.15) is 13.2 Å². The number of hydrogen-bond acceptors (Lipinski definition) is 3. The van der Waals surface area contributed by atoms with Gasteiger partial charge in [0, 0.05) is 38.9 Å². The van der Waals surface area contributed by atoms with Crippen LogP contribution >= 0.6 is 0 Å². The normalized spacial score (nSPS) is 15.2. The lowest BCUT2D eigenvalue weighted by atomic mass is 9.84. The van der Waals surface area contributed by atoms with Gasteiger partial charge in [0.25, 0.3) is 0 Å². The molecule has 1 N–H and O–H groups in total. The number of ether oxygens (including phenoxy) is 1. The lowest BCUT2D eigenvalue weighted by Gasteiger charge is -2.41. The van der Waals surface area contributed by atoms with Crippen LogP contribution in [0.3, 0.4) is 0 Å². The van der Waals surface area contributed by atoms with E-state index in [1.807, 2.05) is 60.7 Å². The van der Waals surface area contributed by atoms with Crippen LogP contribution in [0.25, 0.3) is 0 Å². The summed E-state index contributed by atoms with van der Waals surface area (Å²) in [6.45, 7) is 0.768. The molecule has 3 aromatic rings. The predicted molar refractivity (Wildman–Crippen MR) is 133 cm³/mol. The summed E-state index contributed by atoms with van der Waals surface area (Å²) < 4.78 is 44.9. The number of alkyl halides is 3. The first-order valence-corrected chi connectivity index (χ1v) is 12.3. The molecule has 1 heterocycles. The van der Waals surface area contributed by atoms with E-state index in [0.29, 0.717) is 44.3 Å². The zero-order chi connectivity index (χ0) is 26.3. The average Bonchev–Trinajstić information content (AvgIpc) is 2.92. The van der Waals surface area contributed by atoms with E-state index in [-0.39, 0.29) is 12.5 Å². The standard InChI is InChI=1S/C29H29F3N2O3/c30-29(31,32)25-13-7-10-23(20-25)21-33-27(36)37-28(24-11-5-2-6-12-24)16-18-34(19-17-28)26(35)15-14-22-8-3-1-4-9-22/h1-13,20H,14-19,21H2,(H,33,36). The van der Waals surface area contributed by atoms with Crippen LogP contribution in [0.2, 0.25) is 0 Å². The molecule has 0 radical (unpaired) electrons. The van der Waals surface area contributed by atoms with Gasteiger partial charge in [-0.25, -0.2) is 4.79 Å². The molecule has 0 saturated carbocycles. The van der Waals surface area contributed by atoms with Gasteiger partial charge < -0.3 is 15.0 Å². The van der Waals surface area contributed by atoms with Crippen molar-refractivity contribution in [2.24, 2.45) is 0 Å². The largest absolute Gasteiger partial charge is 0.438 e. The number of carbonyl (C=O) groups excluding carboxylic acids is 2. The van der Waals surface area contributed by atoms with Crippen molar-refractivity contribution < 1.29 is 27.5 Å². The fraction of sp³-hybridized carbons (Fsp3) is 0.310. The lowest BCUT2D eigenvalue weighted by molar-refractivity contribution is -0.138. The Morgan fingerprint density at radius 1 is 0.865 bits per heavy atom. The number of benzene rings is 3. The van der Waals surface area contributed by atoms with Crippen molar-refractivity contribution >= 4 is 12.0 Å². The maximum Gasteiger partial charge on any atom is 0.416 e. The second-order valence-corrected chi connectivity index (χ2v) is 9.17. The quantitative estimate of drug-likeness (QED) is 0.419. The first-order chi connectivity index (χ1) is 17.7. The summed E-state index contributed by atoms with van der Waals surface area (Å²) in [4.78, 5) is 27.4. The number of nitrogens with one attached hydrogen (secondary N) is 1. The number of nitrogens with zero attached hydrogens (tertiary/aromatic N) is 1. The third kappa shape index (κ3) is 6.90. The van der Waals surface area contributed by atoms with Gasteiger partial charge in [-0.05, 0) is 35.2 Å². The van der Waals surface area contributed by atoms with Crippen LogP contribution in [0.5, 0.6) is 0 Å². The molecule has 0 unspecified atom stereocenters. The smallest absolute Gasteiger partial charge is 0.416 e. The summed E-state index contributed by atoms with van der Waals surface area (Å²) in [5, 5.41) is 2.58. The fourth-order valence-corrected chi connectivity index (χ4v) is 4.61. The summed E-state index contributed by atoms with van der Waals surface area (Å²) in [6.07, 6.45) is -3.27. The summed E-state index contributed by atoms with van der Waals surface area (Å²) in [7, 11) is 0. The predicted octanol–water partition coefficient (Wildman–Crippen LogP) is 6.08. The van der Waals surface area contributed by atoms with Crippen LogP contribution in [0.15, 0.2) is 84.9 Å². The highest BCUT2D eigenvalue weighted by Gasteiger charge is 2.41. The van der Waals surface area contributed by atoms with Crippen LogP contribution < -0.4 is 5.32 Å². The molecule has 2 amide bonds. The van der Waals surface area contributed by atoms with Crippen molar-refractivity contribution in [3.8, 4) is 0 Å². The number of piperidine rings is 1. The van der Waals surface area contributed by atoms with Gasteiger partial charge in [-0.3, -0.25) is 4.79 Å². The number of alkyl carbamates (subject to hydrolysis) is 1. The number of aryl methyl sites for hydroxylation is 1. The van der Waals surface area contributed by atoms with E-state index < -0.39 is 23.4 Å². The first kappa shape index (κ1) is 26.3. The second-order valence-electron chi connectivity index (χ2n) is 9.17. The maximum atomic E-state index is 13.0. The number of amides is 2. The Kier molecular flexibility index (Phi) is 8.16. The average molecular weight is 511 g/mol. The Balaban J connectivity index is 1.38. The number of halogens is 3. The van der Waals surface area contributed by atoms with Crippen LogP contribution in [0, 0.1) is 0 Å². The van der Waals surface area contributed by atoms with Gasteiger partial charge in [0.1, 0.15) is 5.60 Å². The van der Waals surface area contributed by atoms with Crippen molar-refractivity contribution in [1.82, 2.24) is 10.2 Å². The van der Waals surface area contributed by atoms with E-state index in [1.54, 1.807) is 4.90 Å². The molecule has 0 aliphatic carbocycles. The highest BCUT2D eigenvalue weighted by Crippen LogP contribution is 2.37. The zero-order valence-corrected chi connectivity index (χ0v) is 20.3. The van der Waals surface area contributed by atoms with Crippen LogP contribution in [-0.4, -0.2) is 30.0 Å². The minimum Gasteiger partial charge on any atom is -0.438 e. The molecule has 3 aromatic carbocycles. The van der Waals surface area contributed by atoms with Crippen LogP contribution in [-0.2, 0) is 34.3 Å². The fourth-order valence-electron chi connectivity index (χ4n) is 4.61. The number of rotatable bonds is 7. The van der Waals surface area contributed by atoms with E-state index in [4.69, 9.17) is 4.74 Å². The summed E-state index contributed by atoms with van der Waals surface area (Å²) in [5.41, 5.74) is 0.535. The molecule has 37 heavy (non-hydrogen) atoms. The monoisotopic (exact) mass is 510 g/mol. The van der Waals surface area contributed by atoms with Crippen molar-refractivity contribution in [1.29, 1.82) is 0 Å². The van der Waals surface area contributed by atoms with Crippen molar-refractivity contribution in [2.45, 2.75) is 44.0 Å². The Bertz CT molecular complexity index is 1190. The topological polar surface area (TPSA) is 58.6 Å². The molecule has 1 fully saturated rings. The van der Waals surface area contributed by atoms with Crippen molar-refractivity contribution in [3.05, 3.63) is 107 Å². The van der Waals surface area contributed by atoms with Crippen molar-refractivity contribution in [3.63, 3.8) is 0 Å². The Hall–Kier alpha value is -3.81. The Labute approximate surface area is 214 Å². The molecule has 0 atom stereocenters. The van der Waals surface area contributed by atoms with Gasteiger partial charge >= 0.3 is 12.3 Å². The van der Waals surface area contributed by atoms with Gasteiger partial charge in [0.15, 0.2) is 0 Å². The molecule has 8 heteroatoms. The minimum atomic E-state index is -4.46. The molecule has 0 bridgehead atoms. The molecule has 194 valence electrons. The molecule has 4 rings (SSSR count). The zero-order valence-electron chi connectivity index (χ0n) is 20.3. The van der Waals surface area contributed by atoms with Gasteiger partial charge in [0.2, 0.25) is 5.91 Å². The third-order valence-electron chi connectivity index (χ3n) is 6.67. The van der Waals surface area contributed by atoms with Crippen molar-refractivity contribution in [2.75, 3.05) is 13.1 Å². The van der Waals surface area contributed by atoms with Crippen LogP contribution in [0.4, 0.5) is 18.0 Å². The van der Waals surface area contributed by atoms with E-state index in [9.17, 15) is 22.8 Å². The molecular weight excluding hydrogens is 481 g/mol. The highest BCUT2D eigenvalue weighted by molar-refractivity contribution is 5.76. The Morgan fingerprint density at radius 3 is 2.14 bits per heavy atom. The summed E-state index contributed by atoms with van der Waals surface area (Å²) in [6, 6.07) is 24.0. The number of hydrogen-bond donors (Lipinski definition) is 1. The third-order valence-corrected chi connectivity index (χ3v) is 6.67. The molecule has 1 saturated heterocycles. The van der Waals surface area contributed by atoms with E-state index >= 15 is 0 Å². The molecule has 1 aliphatic rings. The molecule has 0 spiro atoms. The second kappa shape index (κ2) is 11.5. The molecule has 1 aliphatic heterocycles. The maximum absolute atomic E-state index is 13.0. The van der Waals surface area contributed by atoms with Gasteiger partial charge in [-0.1, -0.05) is 72.8 Å². The van der Waals surface area contributed by atoms with Gasteiger partial charge in [-0.15, -0.1) is 0 Å². The summed E-state index contributed by atoms with van der Waals surface area (Å²) in [5.74, 6) is 0.0551. The summed E-state index contributed by atoms with van der Waals surface area (Å²) >= 11 is 0. The van der Waals surface area contributed by atoms with Crippen LogP contribution in [0.1, 0.15) is 41.5 Å². The molecule has 0 aromatic heterocycles. The minimum absolute atomic E-state index is 0.0551. The molecule has 5 nitrogen and oxygen atoms in total. The highest BCUT2D eigenvalue weighted by atomic mass is 19.4. The van der Waals surface area contributed by atoms with E-state index in [2.05, 4.69) is 5.32 Å². The first-order valence-electron chi connectivity index (χ1n) is 12.3. The number of carbonyl (C=O) groups is 2. The van der Waals surface area contributed by atoms with E-state index in [1.165, 1.54) is 12.1 Å².